The monoisotopic (exact) mass is 258 g/mol. The Balaban J connectivity index is 2.47. The molecule has 0 aliphatic carbocycles. The lowest BCUT2D eigenvalue weighted by Crippen LogP contribution is -2.29. The van der Waals surface area contributed by atoms with Gasteiger partial charge in [0.05, 0.1) is 16.2 Å². The van der Waals surface area contributed by atoms with Crippen molar-refractivity contribution >= 4 is 17.7 Å². The van der Waals surface area contributed by atoms with Crippen LogP contribution in [-0.2, 0) is 0 Å². The van der Waals surface area contributed by atoms with Gasteiger partial charge in [0.2, 0.25) is 0 Å². The molecule has 7 nitrogen and oxygen atoms in total. The van der Waals surface area contributed by atoms with Gasteiger partial charge in [0.1, 0.15) is 16.5 Å². The zero-order valence-electron chi connectivity index (χ0n) is 8.68. The second-order valence-corrected chi connectivity index (χ2v) is 3.45. The number of anilines is 1. The second kappa shape index (κ2) is 4.02. The maximum absolute atomic E-state index is 13.6. The minimum atomic E-state index is -1.63. The number of carboxylic acid groups (broad SMARTS) is 1. The van der Waals surface area contributed by atoms with Crippen molar-refractivity contribution in [3.8, 4) is 0 Å². The number of rotatable bonds is 2. The lowest BCUT2D eigenvalue weighted by Gasteiger charge is -2.11. The number of carbonyl (C=O) groups is 2. The lowest BCUT2D eigenvalue weighted by atomic mass is 10.1. The Morgan fingerprint density at radius 2 is 2.06 bits per heavy atom. The Labute approximate surface area is 98.2 Å². The van der Waals surface area contributed by atoms with E-state index in [-0.39, 0.29) is 4.87 Å². The average Bonchev–Trinajstić information content (AvgIpc) is 2.60. The number of halogens is 2. The summed E-state index contributed by atoms with van der Waals surface area (Å²) < 4.78 is 26.9. The molecule has 1 aromatic rings. The quantitative estimate of drug-likeness (QED) is 0.769. The molecule has 1 aromatic carbocycles. The number of urea groups is 1. The zero-order valence-corrected chi connectivity index (χ0v) is 8.68. The maximum Gasteiger partial charge on any atom is 0.383 e. The third kappa shape index (κ3) is 1.85. The second-order valence-electron chi connectivity index (χ2n) is 3.45. The highest BCUT2D eigenvalue weighted by atomic mass is 19.1. The molecule has 0 unspecified atom stereocenters. The van der Waals surface area contributed by atoms with Gasteiger partial charge < -0.3 is 5.11 Å². The summed E-state index contributed by atoms with van der Waals surface area (Å²) in [5, 5.41) is 8.58. The van der Waals surface area contributed by atoms with Gasteiger partial charge in [-0.15, -0.1) is 0 Å². The lowest BCUT2D eigenvalue weighted by molar-refractivity contribution is -0.577. The molecule has 0 radical (unpaired) electrons. The number of carboxylic acids is 1. The molecule has 0 spiro atoms. The van der Waals surface area contributed by atoms with E-state index in [1.165, 1.54) is 0 Å². The number of amides is 2. The normalized spacial score (nSPS) is 14.9. The van der Waals surface area contributed by atoms with Crippen molar-refractivity contribution in [3.05, 3.63) is 34.2 Å². The van der Waals surface area contributed by atoms with Crippen LogP contribution in [0, 0.1) is 16.5 Å². The Hall–Kier alpha value is -2.58. The Morgan fingerprint density at radius 3 is 2.56 bits per heavy atom. The van der Waals surface area contributed by atoms with Crippen LogP contribution in [0.1, 0.15) is 10.4 Å². The van der Waals surface area contributed by atoms with E-state index in [2.05, 4.69) is 0 Å². The molecule has 1 fully saturated rings. The SMILES string of the molecule is O=C(O)c1cc(F)c(N2C[N+](=O)NC2=O)cc1F. The maximum atomic E-state index is 13.6. The molecule has 18 heavy (non-hydrogen) atoms. The zero-order chi connectivity index (χ0) is 13.4. The van der Waals surface area contributed by atoms with Crippen LogP contribution in [0.5, 0.6) is 0 Å². The molecule has 2 N–H and O–H groups in total. The van der Waals surface area contributed by atoms with E-state index in [1.807, 2.05) is 5.43 Å². The van der Waals surface area contributed by atoms with Gasteiger partial charge in [0.25, 0.3) is 0 Å². The van der Waals surface area contributed by atoms with Crippen molar-refractivity contribution in [3.63, 3.8) is 0 Å². The van der Waals surface area contributed by atoms with Gasteiger partial charge in [-0.05, 0) is 6.07 Å². The van der Waals surface area contributed by atoms with Crippen LogP contribution in [-0.4, -0.2) is 28.6 Å². The third-order valence-electron chi connectivity index (χ3n) is 2.29. The van der Waals surface area contributed by atoms with Crippen molar-refractivity contribution in [2.75, 3.05) is 11.6 Å². The van der Waals surface area contributed by atoms with Gasteiger partial charge >= 0.3 is 18.7 Å². The number of nitrogens with one attached hydrogen (secondary N) is 1. The smallest absolute Gasteiger partial charge is 0.383 e. The highest BCUT2D eigenvalue weighted by Crippen LogP contribution is 2.24. The molecular formula is C9H6F2N3O4+. The first-order chi connectivity index (χ1) is 8.40. The number of hydrogen-bond acceptors (Lipinski definition) is 3. The molecule has 0 bridgehead atoms. The highest BCUT2D eigenvalue weighted by Gasteiger charge is 2.37. The van der Waals surface area contributed by atoms with Crippen LogP contribution < -0.4 is 10.3 Å². The van der Waals surface area contributed by atoms with Gasteiger partial charge in [-0.3, -0.25) is 0 Å². The molecule has 1 aliphatic heterocycles. The Bertz CT molecular complexity index is 575. The summed E-state index contributed by atoms with van der Waals surface area (Å²) in [6.07, 6.45) is 0. The largest absolute Gasteiger partial charge is 0.478 e. The molecule has 1 aliphatic rings. The standard InChI is InChI=1S/C9H5F2N3O4/c10-5-2-7(6(11)1-4(5)8(15)16)13-3-14(18)12-9(13)17/h1-2H,3H2,(H-,12,15,16,17,18)/p+1. The molecule has 0 saturated carbocycles. The molecule has 2 rings (SSSR count). The minimum Gasteiger partial charge on any atom is -0.478 e. The topological polar surface area (TPSA) is 89.7 Å². The fourth-order valence-electron chi connectivity index (χ4n) is 1.49. The van der Waals surface area contributed by atoms with E-state index in [4.69, 9.17) is 5.11 Å². The molecule has 2 amide bonds. The summed E-state index contributed by atoms with van der Waals surface area (Å²) in [6, 6.07) is 0.0806. The summed E-state index contributed by atoms with van der Waals surface area (Å²) in [6.45, 7) is -0.526. The summed E-state index contributed by atoms with van der Waals surface area (Å²) in [5.74, 6) is -3.94. The predicted molar refractivity (Wildman–Crippen MR) is 52.8 cm³/mol. The van der Waals surface area contributed by atoms with Crippen molar-refractivity contribution in [1.82, 2.24) is 5.43 Å². The van der Waals surface area contributed by atoms with E-state index in [0.29, 0.717) is 17.0 Å². The summed E-state index contributed by atoms with van der Waals surface area (Å²) in [7, 11) is 0. The number of nitrogens with zero attached hydrogens (tertiary/aromatic N) is 2. The average molecular weight is 258 g/mol. The molecular weight excluding hydrogens is 252 g/mol. The van der Waals surface area contributed by atoms with Gasteiger partial charge in [-0.25, -0.2) is 23.3 Å². The van der Waals surface area contributed by atoms with Gasteiger partial charge in [0.15, 0.2) is 0 Å². The summed E-state index contributed by atoms with van der Waals surface area (Å²) in [4.78, 5) is 33.4. The third-order valence-corrected chi connectivity index (χ3v) is 2.29. The van der Waals surface area contributed by atoms with E-state index < -0.39 is 41.6 Å². The van der Waals surface area contributed by atoms with Gasteiger partial charge in [0, 0.05) is 6.07 Å². The Kier molecular flexibility index (Phi) is 2.66. The van der Waals surface area contributed by atoms with E-state index in [9.17, 15) is 23.3 Å². The number of carbonyl (C=O) groups excluding carboxylic acids is 1. The van der Waals surface area contributed by atoms with E-state index in [1.54, 1.807) is 0 Å². The molecule has 0 atom stereocenters. The van der Waals surface area contributed by atoms with Crippen LogP contribution in [0.15, 0.2) is 12.1 Å². The van der Waals surface area contributed by atoms with E-state index in [0.717, 1.165) is 0 Å². The van der Waals surface area contributed by atoms with Crippen LogP contribution in [0.2, 0.25) is 0 Å². The first-order valence-electron chi connectivity index (χ1n) is 4.65. The molecule has 94 valence electrons. The number of benzene rings is 1. The Morgan fingerprint density at radius 1 is 1.39 bits per heavy atom. The van der Waals surface area contributed by atoms with E-state index >= 15 is 0 Å². The molecule has 9 heteroatoms. The van der Waals surface area contributed by atoms with Gasteiger partial charge in [-0.2, -0.15) is 0 Å². The number of hydrazine groups is 1. The predicted octanol–water partition coefficient (Wildman–Crippen LogP) is 0.844. The molecule has 1 saturated heterocycles. The fourth-order valence-corrected chi connectivity index (χ4v) is 1.49. The summed E-state index contributed by atoms with van der Waals surface area (Å²) in [5.41, 5.74) is 0.451. The van der Waals surface area contributed by atoms with Crippen LogP contribution in [0.25, 0.3) is 0 Å². The number of nitroso groups, excluding NO2 is 1. The van der Waals surface area contributed by atoms with Crippen LogP contribution >= 0.6 is 0 Å². The van der Waals surface area contributed by atoms with Crippen LogP contribution in [0.3, 0.4) is 0 Å². The fraction of sp³-hybridized carbons (Fsp3) is 0.111. The number of hydrogen-bond donors (Lipinski definition) is 2. The van der Waals surface area contributed by atoms with Crippen LogP contribution in [0.4, 0.5) is 19.3 Å². The first kappa shape index (κ1) is 11.9. The highest BCUT2D eigenvalue weighted by molar-refractivity contribution is 5.93. The minimum absolute atomic E-state index is 0.130. The van der Waals surface area contributed by atoms with Crippen molar-refractivity contribution < 1.29 is 28.3 Å². The van der Waals surface area contributed by atoms with Gasteiger partial charge in [-0.1, -0.05) is 5.43 Å². The van der Waals surface area contributed by atoms with Crippen molar-refractivity contribution in [1.29, 1.82) is 0 Å². The number of aromatic carboxylic acids is 1. The van der Waals surface area contributed by atoms with Crippen molar-refractivity contribution in [2.45, 2.75) is 0 Å². The first-order valence-corrected chi connectivity index (χ1v) is 4.65. The van der Waals surface area contributed by atoms with Crippen molar-refractivity contribution in [2.24, 2.45) is 0 Å². The summed E-state index contributed by atoms with van der Waals surface area (Å²) >= 11 is 0. The molecule has 1 heterocycles. The molecule has 0 aromatic heterocycles.